The van der Waals surface area contributed by atoms with Crippen LogP contribution in [0, 0.1) is 0 Å². The Kier molecular flexibility index (Phi) is 6.34. The number of para-hydroxylation sites is 1. The molecule has 2 aromatic rings. The third-order valence-electron chi connectivity index (χ3n) is 1.46. The Morgan fingerprint density at radius 2 is 1.62 bits per heavy atom. The van der Waals surface area contributed by atoms with E-state index in [9.17, 15) is 0 Å². The summed E-state index contributed by atoms with van der Waals surface area (Å²) in [4.78, 5) is 3.12. The summed E-state index contributed by atoms with van der Waals surface area (Å²) in [5, 5.41) is 1.28. The van der Waals surface area contributed by atoms with Crippen LogP contribution in [0.2, 0.25) is 0 Å². The fourth-order valence-corrected chi connectivity index (χ4v) is 0.995. The van der Waals surface area contributed by atoms with E-state index in [2.05, 4.69) is 36.3 Å². The zero-order valence-corrected chi connectivity index (χ0v) is 8.38. The molecule has 1 nitrogen and oxygen atoms in total. The van der Waals surface area contributed by atoms with Crippen LogP contribution in [-0.4, -0.2) is 4.98 Å². The van der Waals surface area contributed by atoms with Crippen LogP contribution in [0.5, 0.6) is 0 Å². The van der Waals surface area contributed by atoms with Crippen LogP contribution in [0.3, 0.4) is 0 Å². The Labute approximate surface area is 80.1 Å². The first-order valence-corrected chi connectivity index (χ1v) is 4.49. The Balaban J connectivity index is 0.000000322. The van der Waals surface area contributed by atoms with E-state index in [-0.39, 0.29) is 0 Å². The molecular formula is C12H17N. The number of hydrogen-bond acceptors (Lipinski definition) is 0. The highest BCUT2D eigenvalue weighted by molar-refractivity contribution is 5.78. The second-order valence-corrected chi connectivity index (χ2v) is 2.06. The van der Waals surface area contributed by atoms with Crippen LogP contribution in [0.1, 0.15) is 13.8 Å². The molecule has 0 saturated heterocycles. The van der Waals surface area contributed by atoms with Crippen LogP contribution >= 0.6 is 0 Å². The molecule has 1 aromatic heterocycles. The van der Waals surface area contributed by atoms with E-state index in [1.807, 2.05) is 32.2 Å². The number of benzene rings is 1. The van der Waals surface area contributed by atoms with Crippen LogP contribution in [0.25, 0.3) is 10.9 Å². The molecular weight excluding hydrogens is 158 g/mol. The van der Waals surface area contributed by atoms with E-state index in [0.717, 1.165) is 0 Å². The Hall–Kier alpha value is -1.50. The molecule has 0 saturated carbocycles. The highest BCUT2D eigenvalue weighted by Crippen LogP contribution is 2.09. The molecule has 0 spiro atoms. The highest BCUT2D eigenvalue weighted by Gasteiger charge is 1.86. The standard InChI is InChI=1S/C8H7N.C2H6.C2H4/c1-2-4-8-7(3-1)5-6-9-8;2*1-2/h1-6,9H;1-2H3;1-2H2. The van der Waals surface area contributed by atoms with Crippen LogP contribution < -0.4 is 0 Å². The van der Waals surface area contributed by atoms with Gasteiger partial charge in [-0.2, -0.15) is 0 Å². The average Bonchev–Trinajstić information content (AvgIpc) is 2.71. The van der Waals surface area contributed by atoms with Gasteiger partial charge in [-0.15, -0.1) is 13.2 Å². The van der Waals surface area contributed by atoms with Gasteiger partial charge in [0.15, 0.2) is 0 Å². The Morgan fingerprint density at radius 1 is 1.00 bits per heavy atom. The topological polar surface area (TPSA) is 15.8 Å². The summed E-state index contributed by atoms with van der Waals surface area (Å²) in [5.41, 5.74) is 1.21. The molecule has 0 aliphatic rings. The molecule has 1 N–H and O–H groups in total. The van der Waals surface area contributed by atoms with Crippen molar-refractivity contribution in [2.75, 3.05) is 0 Å². The zero-order valence-electron chi connectivity index (χ0n) is 8.38. The average molecular weight is 175 g/mol. The van der Waals surface area contributed by atoms with Gasteiger partial charge in [0.2, 0.25) is 0 Å². The lowest BCUT2D eigenvalue weighted by atomic mass is 10.3. The SMILES string of the molecule is C=C.CC.c1ccc2[nH]ccc2c1. The lowest BCUT2D eigenvalue weighted by molar-refractivity contribution is 1.48. The zero-order chi connectivity index (χ0) is 10.1. The van der Waals surface area contributed by atoms with Crippen molar-refractivity contribution in [1.82, 2.24) is 4.98 Å². The minimum Gasteiger partial charge on any atom is -0.361 e. The number of aromatic amines is 1. The molecule has 70 valence electrons. The van der Waals surface area contributed by atoms with Crippen molar-refractivity contribution in [2.24, 2.45) is 0 Å². The summed E-state index contributed by atoms with van der Waals surface area (Å²) in [6.45, 7) is 10.0. The quantitative estimate of drug-likeness (QED) is 0.582. The largest absolute Gasteiger partial charge is 0.361 e. The maximum Gasteiger partial charge on any atom is 0.0453 e. The van der Waals surface area contributed by atoms with Crippen LogP contribution in [0.4, 0.5) is 0 Å². The van der Waals surface area contributed by atoms with Gasteiger partial charge in [0.05, 0.1) is 0 Å². The summed E-state index contributed by atoms with van der Waals surface area (Å²) in [6.07, 6.45) is 1.95. The van der Waals surface area contributed by atoms with Gasteiger partial charge in [-0.1, -0.05) is 32.0 Å². The molecule has 1 heterocycles. The van der Waals surface area contributed by atoms with Gasteiger partial charge in [0.1, 0.15) is 0 Å². The minimum absolute atomic E-state index is 1.21. The van der Waals surface area contributed by atoms with Gasteiger partial charge in [0, 0.05) is 11.7 Å². The fraction of sp³-hybridized carbons (Fsp3) is 0.167. The van der Waals surface area contributed by atoms with Gasteiger partial charge in [-0.3, -0.25) is 0 Å². The first kappa shape index (κ1) is 11.5. The monoisotopic (exact) mass is 175 g/mol. The van der Waals surface area contributed by atoms with Crippen molar-refractivity contribution >= 4 is 10.9 Å². The molecule has 0 aliphatic carbocycles. The number of nitrogens with one attached hydrogen (secondary N) is 1. The summed E-state index contributed by atoms with van der Waals surface area (Å²) in [5.74, 6) is 0. The van der Waals surface area contributed by atoms with Crippen molar-refractivity contribution in [1.29, 1.82) is 0 Å². The molecule has 13 heavy (non-hydrogen) atoms. The van der Waals surface area contributed by atoms with E-state index in [1.54, 1.807) is 0 Å². The molecule has 2 rings (SSSR count). The third kappa shape index (κ3) is 3.16. The highest BCUT2D eigenvalue weighted by atomic mass is 14.6. The van der Waals surface area contributed by atoms with E-state index < -0.39 is 0 Å². The lowest BCUT2D eigenvalue weighted by Crippen LogP contribution is -1.61. The first-order chi connectivity index (χ1) is 6.47. The van der Waals surface area contributed by atoms with Crippen molar-refractivity contribution in [3.8, 4) is 0 Å². The number of H-pyrrole nitrogens is 1. The molecule has 0 atom stereocenters. The second kappa shape index (κ2) is 7.17. The number of fused-ring (bicyclic) bond motifs is 1. The third-order valence-corrected chi connectivity index (χ3v) is 1.46. The van der Waals surface area contributed by atoms with Gasteiger partial charge >= 0.3 is 0 Å². The molecule has 0 amide bonds. The van der Waals surface area contributed by atoms with Crippen molar-refractivity contribution in [3.63, 3.8) is 0 Å². The molecule has 0 unspecified atom stereocenters. The number of aromatic nitrogens is 1. The molecule has 0 aliphatic heterocycles. The molecule has 0 bridgehead atoms. The lowest BCUT2D eigenvalue weighted by Gasteiger charge is -1.83. The molecule has 1 aromatic carbocycles. The predicted molar refractivity (Wildman–Crippen MR) is 60.9 cm³/mol. The Morgan fingerprint density at radius 3 is 2.23 bits per heavy atom. The van der Waals surface area contributed by atoms with Gasteiger partial charge < -0.3 is 4.98 Å². The first-order valence-electron chi connectivity index (χ1n) is 4.49. The molecule has 0 fully saturated rings. The molecule has 1 heteroatoms. The van der Waals surface area contributed by atoms with E-state index in [0.29, 0.717) is 0 Å². The number of rotatable bonds is 0. The summed E-state index contributed by atoms with van der Waals surface area (Å²) in [7, 11) is 0. The normalized spacial score (nSPS) is 7.85. The number of hydrogen-bond donors (Lipinski definition) is 1. The molecule has 0 radical (unpaired) electrons. The van der Waals surface area contributed by atoms with Crippen LogP contribution in [0.15, 0.2) is 49.7 Å². The predicted octanol–water partition coefficient (Wildman–Crippen LogP) is 4.00. The van der Waals surface area contributed by atoms with Gasteiger partial charge in [-0.05, 0) is 17.5 Å². The summed E-state index contributed by atoms with van der Waals surface area (Å²) in [6, 6.07) is 10.3. The fourth-order valence-electron chi connectivity index (χ4n) is 0.995. The van der Waals surface area contributed by atoms with Crippen molar-refractivity contribution in [3.05, 3.63) is 49.7 Å². The summed E-state index contributed by atoms with van der Waals surface area (Å²) < 4.78 is 0. The van der Waals surface area contributed by atoms with E-state index in [4.69, 9.17) is 0 Å². The smallest absolute Gasteiger partial charge is 0.0453 e. The van der Waals surface area contributed by atoms with E-state index in [1.165, 1.54) is 10.9 Å². The maximum atomic E-state index is 3.12. The van der Waals surface area contributed by atoms with E-state index >= 15 is 0 Å². The minimum atomic E-state index is 1.21. The van der Waals surface area contributed by atoms with Crippen molar-refractivity contribution < 1.29 is 0 Å². The van der Waals surface area contributed by atoms with Gasteiger partial charge in [-0.25, -0.2) is 0 Å². The van der Waals surface area contributed by atoms with Gasteiger partial charge in [0.25, 0.3) is 0 Å². The maximum absolute atomic E-state index is 3.12. The Bertz CT molecular complexity index is 292. The van der Waals surface area contributed by atoms with Crippen molar-refractivity contribution in [2.45, 2.75) is 13.8 Å². The second-order valence-electron chi connectivity index (χ2n) is 2.06. The van der Waals surface area contributed by atoms with Crippen LogP contribution in [-0.2, 0) is 0 Å². The summed E-state index contributed by atoms with van der Waals surface area (Å²) >= 11 is 0.